The molecule has 5 aromatic carbocycles. The van der Waals surface area contributed by atoms with Gasteiger partial charge in [-0.05, 0) is 91.0 Å². The number of benzene rings is 5. The normalized spacial score (nSPS) is 14.2. The summed E-state index contributed by atoms with van der Waals surface area (Å²) in [5.41, 5.74) is 12.2. The number of fused-ring (bicyclic) bond motifs is 6. The molecular formula is C38H18N4. The SMILES string of the molecule is [C-]#[N+]C(C#N)=C1c2cc(-c3ccccc3)ccc2-c2cc3c(cc21)-c1ccc(-c2ccccc2)cc1C3=C(C#N)[N+]#[C-]. The van der Waals surface area contributed by atoms with E-state index in [0.717, 1.165) is 66.8 Å². The molecule has 0 saturated carbocycles. The third kappa shape index (κ3) is 3.58. The summed E-state index contributed by atoms with van der Waals surface area (Å²) in [5, 5.41) is 20.0. The lowest BCUT2D eigenvalue weighted by atomic mass is 9.95. The summed E-state index contributed by atoms with van der Waals surface area (Å²) in [6.07, 6.45) is 0. The van der Waals surface area contributed by atoms with Crippen LogP contribution < -0.4 is 0 Å². The Balaban J connectivity index is 1.51. The molecule has 4 heteroatoms. The minimum absolute atomic E-state index is 0.0347. The van der Waals surface area contributed by atoms with Gasteiger partial charge in [-0.25, -0.2) is 20.2 Å². The Hall–Kier alpha value is -6.46. The summed E-state index contributed by atoms with van der Waals surface area (Å²) in [4.78, 5) is 7.24. The first kappa shape index (κ1) is 24.6. The van der Waals surface area contributed by atoms with Gasteiger partial charge in [0.15, 0.2) is 0 Å². The molecule has 2 aliphatic rings. The van der Waals surface area contributed by atoms with Crippen molar-refractivity contribution >= 4 is 11.1 Å². The minimum atomic E-state index is 0.0347. The number of nitrogens with zero attached hydrogens (tertiary/aromatic N) is 4. The van der Waals surface area contributed by atoms with Gasteiger partial charge >= 0.3 is 0 Å². The first-order valence-corrected chi connectivity index (χ1v) is 13.3. The molecule has 42 heavy (non-hydrogen) atoms. The van der Waals surface area contributed by atoms with Crippen molar-refractivity contribution in [1.29, 1.82) is 10.5 Å². The monoisotopic (exact) mass is 530 g/mol. The van der Waals surface area contributed by atoms with Crippen molar-refractivity contribution in [3.8, 4) is 56.6 Å². The summed E-state index contributed by atoms with van der Waals surface area (Å²) < 4.78 is 0. The molecule has 0 fully saturated rings. The lowest BCUT2D eigenvalue weighted by Crippen LogP contribution is -1.89. The van der Waals surface area contributed by atoms with Crippen LogP contribution in [-0.4, -0.2) is 0 Å². The van der Waals surface area contributed by atoms with Crippen LogP contribution in [0.3, 0.4) is 0 Å². The van der Waals surface area contributed by atoms with E-state index >= 15 is 0 Å². The Morgan fingerprint density at radius 2 is 0.810 bits per heavy atom. The van der Waals surface area contributed by atoms with Crippen LogP contribution in [0.2, 0.25) is 0 Å². The maximum Gasteiger partial charge on any atom is 0.270 e. The van der Waals surface area contributed by atoms with Crippen LogP contribution in [-0.2, 0) is 0 Å². The van der Waals surface area contributed by atoms with Crippen LogP contribution in [0.1, 0.15) is 22.3 Å². The highest BCUT2D eigenvalue weighted by Gasteiger charge is 2.33. The predicted octanol–water partition coefficient (Wildman–Crippen LogP) is 9.39. The van der Waals surface area contributed by atoms with E-state index in [-0.39, 0.29) is 11.4 Å². The summed E-state index contributed by atoms with van der Waals surface area (Å²) in [7, 11) is 0. The zero-order valence-corrected chi connectivity index (χ0v) is 22.2. The van der Waals surface area contributed by atoms with Gasteiger partial charge < -0.3 is 0 Å². The lowest BCUT2D eigenvalue weighted by molar-refractivity contribution is 1.49. The van der Waals surface area contributed by atoms with Gasteiger partial charge in [-0.15, -0.1) is 0 Å². The van der Waals surface area contributed by atoms with Crippen molar-refractivity contribution < 1.29 is 0 Å². The zero-order chi connectivity index (χ0) is 28.8. The molecule has 0 aliphatic heterocycles. The molecule has 0 amide bonds. The lowest BCUT2D eigenvalue weighted by Gasteiger charge is -2.09. The van der Waals surface area contributed by atoms with Gasteiger partial charge in [0.25, 0.3) is 11.4 Å². The number of rotatable bonds is 2. The summed E-state index contributed by atoms with van der Waals surface area (Å²) in [5.74, 6) is 0. The highest BCUT2D eigenvalue weighted by atomic mass is 14.7. The van der Waals surface area contributed by atoms with Crippen LogP contribution in [0.4, 0.5) is 0 Å². The first-order valence-electron chi connectivity index (χ1n) is 13.3. The fourth-order valence-electron chi connectivity index (χ4n) is 6.13. The third-order valence-electron chi connectivity index (χ3n) is 7.98. The Bertz CT molecular complexity index is 2020. The fraction of sp³-hybridized carbons (Fsp3) is 0. The maximum absolute atomic E-state index is 9.99. The van der Waals surface area contributed by atoms with Crippen molar-refractivity contribution in [2.75, 3.05) is 0 Å². The molecule has 5 aromatic rings. The largest absolute Gasteiger partial charge is 0.270 e. The van der Waals surface area contributed by atoms with Gasteiger partial charge in [-0.3, -0.25) is 0 Å². The highest BCUT2D eigenvalue weighted by molar-refractivity contribution is 6.11. The topological polar surface area (TPSA) is 56.3 Å². The van der Waals surface area contributed by atoms with Gasteiger partial charge in [0.2, 0.25) is 0 Å². The molecule has 0 heterocycles. The van der Waals surface area contributed by atoms with Crippen molar-refractivity contribution in [1.82, 2.24) is 0 Å². The first-order chi connectivity index (χ1) is 20.7. The van der Waals surface area contributed by atoms with E-state index in [0.29, 0.717) is 11.1 Å². The molecule has 4 nitrogen and oxygen atoms in total. The molecule has 0 bridgehead atoms. The molecule has 7 rings (SSSR count). The van der Waals surface area contributed by atoms with Gasteiger partial charge in [0.05, 0.1) is 25.3 Å². The summed E-state index contributed by atoms with van der Waals surface area (Å²) >= 11 is 0. The van der Waals surface area contributed by atoms with Crippen LogP contribution in [0.25, 0.3) is 65.3 Å². The maximum atomic E-state index is 9.99. The minimum Gasteiger partial charge on any atom is -0.226 e. The molecular weight excluding hydrogens is 512 g/mol. The van der Waals surface area contributed by atoms with Crippen molar-refractivity contribution in [3.63, 3.8) is 0 Å². The fourth-order valence-corrected chi connectivity index (χ4v) is 6.13. The number of hydrogen-bond donors (Lipinski definition) is 0. The summed E-state index contributed by atoms with van der Waals surface area (Å²) in [6.45, 7) is 15.6. The Labute approximate surface area is 243 Å². The second kappa shape index (κ2) is 9.62. The van der Waals surface area contributed by atoms with Crippen molar-refractivity contribution in [3.05, 3.63) is 166 Å². The van der Waals surface area contributed by atoms with Crippen LogP contribution >= 0.6 is 0 Å². The molecule has 0 radical (unpaired) electrons. The zero-order valence-electron chi connectivity index (χ0n) is 22.2. The Morgan fingerprint density at radius 3 is 1.17 bits per heavy atom. The highest BCUT2D eigenvalue weighted by Crippen LogP contribution is 2.54. The Kier molecular flexibility index (Phi) is 5.63. The number of allylic oxidation sites excluding steroid dienone is 2. The molecule has 0 saturated heterocycles. The molecule has 0 N–H and O–H groups in total. The molecule has 0 unspecified atom stereocenters. The van der Waals surface area contributed by atoms with E-state index in [2.05, 4.69) is 34.0 Å². The molecule has 0 atom stereocenters. The molecule has 0 spiro atoms. The van der Waals surface area contributed by atoms with Gasteiger partial charge in [0, 0.05) is 11.1 Å². The van der Waals surface area contributed by atoms with E-state index < -0.39 is 0 Å². The van der Waals surface area contributed by atoms with Crippen molar-refractivity contribution in [2.45, 2.75) is 0 Å². The molecule has 0 aromatic heterocycles. The quantitative estimate of drug-likeness (QED) is 0.165. The smallest absolute Gasteiger partial charge is 0.226 e. The van der Waals surface area contributed by atoms with Crippen LogP contribution in [0.5, 0.6) is 0 Å². The average molecular weight is 531 g/mol. The van der Waals surface area contributed by atoms with Gasteiger partial charge in [-0.2, -0.15) is 0 Å². The van der Waals surface area contributed by atoms with E-state index in [1.165, 1.54) is 0 Å². The molecule has 2 aliphatic carbocycles. The van der Waals surface area contributed by atoms with Gasteiger partial charge in [0.1, 0.15) is 0 Å². The predicted molar refractivity (Wildman–Crippen MR) is 165 cm³/mol. The van der Waals surface area contributed by atoms with E-state index in [4.69, 9.17) is 13.1 Å². The van der Waals surface area contributed by atoms with Crippen LogP contribution in [0.15, 0.2) is 121 Å². The molecule has 190 valence electrons. The van der Waals surface area contributed by atoms with E-state index in [1.54, 1.807) is 0 Å². The average Bonchev–Trinajstić information content (AvgIpc) is 3.53. The van der Waals surface area contributed by atoms with Crippen molar-refractivity contribution in [2.24, 2.45) is 0 Å². The van der Waals surface area contributed by atoms with E-state index in [1.807, 2.05) is 97.1 Å². The van der Waals surface area contributed by atoms with Gasteiger partial charge in [-0.1, -0.05) is 84.9 Å². The second-order valence-corrected chi connectivity index (χ2v) is 10.1. The number of nitriles is 2. The Morgan fingerprint density at radius 1 is 0.429 bits per heavy atom. The third-order valence-corrected chi connectivity index (χ3v) is 7.98. The second-order valence-electron chi connectivity index (χ2n) is 10.1. The summed E-state index contributed by atoms with van der Waals surface area (Å²) in [6, 6.07) is 40.6. The van der Waals surface area contributed by atoms with E-state index in [9.17, 15) is 10.5 Å². The standard InChI is InChI=1S/C38H18N4/c1-41-35(21-39)37-31-17-25(23-9-5-3-6-10-23)13-15-27(31)29-20-34-30(19-33(29)37)28-16-14-26(24-11-7-4-8-12-24)18-32(28)38(34)36(22-40)42-2/h3-20H. The number of hydrogen-bond acceptors (Lipinski definition) is 2. The van der Waals surface area contributed by atoms with Crippen LogP contribution in [0, 0.1) is 35.8 Å².